The van der Waals surface area contributed by atoms with Gasteiger partial charge in [0.15, 0.2) is 34.7 Å². The molecule has 5 atom stereocenters. The van der Waals surface area contributed by atoms with Crippen LogP contribution in [0.1, 0.15) is 35.7 Å². The number of fused-ring (bicyclic) bond motifs is 3. The van der Waals surface area contributed by atoms with Gasteiger partial charge in [-0.2, -0.15) is 0 Å². The number of phenolic OH excluding ortho intramolecular Hbond substituents is 1. The largest absolute Gasteiger partial charge is 0.505 e. The van der Waals surface area contributed by atoms with Gasteiger partial charge in [-0.25, -0.2) is 0 Å². The zero-order chi connectivity index (χ0) is 22.8. The highest BCUT2D eigenvalue weighted by Crippen LogP contribution is 2.50. The number of phenols is 1. The van der Waals surface area contributed by atoms with E-state index in [1.807, 2.05) is 0 Å². The van der Waals surface area contributed by atoms with E-state index in [1.165, 1.54) is 13.0 Å². The van der Waals surface area contributed by atoms with Gasteiger partial charge in [0.25, 0.3) is 0 Å². The average molecular weight is 428 g/mol. The zero-order valence-corrected chi connectivity index (χ0v) is 16.5. The summed E-state index contributed by atoms with van der Waals surface area (Å²) in [6, 6.07) is 3.00. The molecule has 2 unspecified atom stereocenters. The van der Waals surface area contributed by atoms with E-state index in [9.17, 15) is 39.0 Å². The zero-order valence-electron chi connectivity index (χ0n) is 16.5. The second-order valence-electron chi connectivity index (χ2n) is 8.42. The number of Topliss-reactive ketones (excluding diaryl/α,β-unsaturated/α-hetero) is 4. The summed E-state index contributed by atoms with van der Waals surface area (Å²) in [7, 11) is 0. The van der Waals surface area contributed by atoms with E-state index in [4.69, 9.17) is 5.73 Å². The van der Waals surface area contributed by atoms with E-state index in [-0.39, 0.29) is 30.5 Å². The third kappa shape index (κ3) is 2.82. The summed E-state index contributed by atoms with van der Waals surface area (Å²) in [6.45, 7) is 1.22. The van der Waals surface area contributed by atoms with Crippen molar-refractivity contribution in [2.24, 2.45) is 29.4 Å². The van der Waals surface area contributed by atoms with Crippen molar-refractivity contribution in [1.29, 1.82) is 0 Å². The van der Waals surface area contributed by atoms with Crippen molar-refractivity contribution in [3.63, 3.8) is 0 Å². The topological polar surface area (TPSA) is 181 Å². The lowest BCUT2D eigenvalue weighted by atomic mass is 9.54. The van der Waals surface area contributed by atoms with Gasteiger partial charge in [-0.1, -0.05) is 6.07 Å². The first-order valence-corrected chi connectivity index (χ1v) is 9.78. The summed E-state index contributed by atoms with van der Waals surface area (Å²) < 4.78 is 0. The van der Waals surface area contributed by atoms with Crippen LogP contribution in [0.25, 0.3) is 0 Å². The number of nitrogens with two attached hydrogens (primary N) is 1. The van der Waals surface area contributed by atoms with Crippen molar-refractivity contribution in [2.75, 3.05) is 5.32 Å². The van der Waals surface area contributed by atoms with Gasteiger partial charge in [-0.3, -0.25) is 28.8 Å². The number of hydrogen-bond acceptors (Lipinski definition) is 8. The van der Waals surface area contributed by atoms with Crippen LogP contribution in [0.5, 0.6) is 5.75 Å². The van der Waals surface area contributed by atoms with Crippen LogP contribution in [0.15, 0.2) is 12.1 Å². The third-order valence-corrected chi connectivity index (χ3v) is 6.59. The molecule has 1 aromatic carbocycles. The number of carbonyl (C=O) groups excluding carboxylic acids is 6. The smallest absolute Gasteiger partial charge is 0.235 e. The number of nitrogens with one attached hydrogen (secondary N) is 1. The molecule has 10 heteroatoms. The monoisotopic (exact) mass is 428 g/mol. The molecular weight excluding hydrogens is 408 g/mol. The number of primary amides is 1. The van der Waals surface area contributed by atoms with E-state index in [1.54, 1.807) is 6.07 Å². The van der Waals surface area contributed by atoms with Gasteiger partial charge in [0.2, 0.25) is 11.8 Å². The number of anilines is 1. The van der Waals surface area contributed by atoms with Crippen LogP contribution in [0.2, 0.25) is 0 Å². The molecule has 162 valence electrons. The lowest BCUT2D eigenvalue weighted by Gasteiger charge is -2.48. The SMILES string of the molecule is CC(=O)Nc1ccc2c(c1O)C(=O)C1C(=O)[C@]3(O)C(=O)C(C(N)=O)C(=O)C[C@@H]3C[C@@H]1C2. The van der Waals surface area contributed by atoms with E-state index >= 15 is 0 Å². The number of aromatic hydroxyl groups is 1. The quantitative estimate of drug-likeness (QED) is 0.352. The Hall–Kier alpha value is -3.40. The molecular formula is C21H20N2O8. The molecule has 2 amide bonds. The molecule has 3 aliphatic carbocycles. The lowest BCUT2D eigenvalue weighted by Crippen LogP contribution is -2.68. The summed E-state index contributed by atoms with van der Waals surface area (Å²) in [4.78, 5) is 74.6. The fourth-order valence-electron chi connectivity index (χ4n) is 5.23. The molecule has 10 nitrogen and oxygen atoms in total. The number of hydrogen-bond donors (Lipinski definition) is 4. The van der Waals surface area contributed by atoms with E-state index in [0.29, 0.717) is 5.56 Å². The van der Waals surface area contributed by atoms with Crippen molar-refractivity contribution in [3.05, 3.63) is 23.3 Å². The average Bonchev–Trinajstić information content (AvgIpc) is 2.66. The molecule has 0 bridgehead atoms. The fourth-order valence-corrected chi connectivity index (χ4v) is 5.23. The van der Waals surface area contributed by atoms with Crippen molar-refractivity contribution < 1.29 is 39.0 Å². The Morgan fingerprint density at radius 2 is 1.81 bits per heavy atom. The molecule has 4 rings (SSSR count). The minimum Gasteiger partial charge on any atom is -0.505 e. The molecule has 0 aromatic heterocycles. The number of ketones is 4. The lowest BCUT2D eigenvalue weighted by molar-refractivity contribution is -0.175. The number of amides is 2. The fraction of sp³-hybridized carbons (Fsp3) is 0.429. The maximum Gasteiger partial charge on any atom is 0.235 e. The maximum absolute atomic E-state index is 13.3. The molecule has 0 heterocycles. The van der Waals surface area contributed by atoms with Crippen LogP contribution in [-0.4, -0.2) is 50.8 Å². The van der Waals surface area contributed by atoms with Crippen LogP contribution in [0.3, 0.4) is 0 Å². The highest BCUT2D eigenvalue weighted by Gasteiger charge is 2.66. The maximum atomic E-state index is 13.3. The minimum atomic E-state index is -2.67. The van der Waals surface area contributed by atoms with Gasteiger partial charge in [-0.05, 0) is 30.4 Å². The van der Waals surface area contributed by atoms with Gasteiger partial charge < -0.3 is 21.3 Å². The van der Waals surface area contributed by atoms with Gasteiger partial charge in [0.1, 0.15) is 5.75 Å². The van der Waals surface area contributed by atoms with Crippen molar-refractivity contribution in [3.8, 4) is 5.75 Å². The molecule has 0 aliphatic heterocycles. The Balaban J connectivity index is 1.78. The predicted molar refractivity (Wildman–Crippen MR) is 103 cm³/mol. The number of aliphatic hydroxyl groups is 1. The standard InChI is InChI=1S/C21H20N2O8/c1-7(24)23-11-3-2-8-4-9-5-10-6-12(25)15(20(22)30)19(29)21(10,31)18(28)14(9)17(27)13(8)16(11)26/h2-3,9-10,14-15,26,31H,4-6H2,1H3,(H2,22,30)(H,23,24)/t9-,10-,14?,15?,21-/m0/s1. The predicted octanol–water partition coefficient (Wildman–Crippen LogP) is -0.715. The summed E-state index contributed by atoms with van der Waals surface area (Å²) >= 11 is 0. The summed E-state index contributed by atoms with van der Waals surface area (Å²) in [5, 5.41) is 24.0. The molecule has 31 heavy (non-hydrogen) atoms. The number of rotatable bonds is 2. The highest BCUT2D eigenvalue weighted by atomic mass is 16.3. The van der Waals surface area contributed by atoms with Gasteiger partial charge in [0, 0.05) is 19.3 Å². The number of benzene rings is 1. The Morgan fingerprint density at radius 3 is 2.42 bits per heavy atom. The first-order chi connectivity index (χ1) is 14.5. The molecule has 3 aliphatic rings. The van der Waals surface area contributed by atoms with Gasteiger partial charge >= 0.3 is 0 Å². The molecule has 0 radical (unpaired) electrons. The second kappa shape index (κ2) is 6.81. The highest BCUT2D eigenvalue weighted by molar-refractivity contribution is 6.31. The third-order valence-electron chi connectivity index (χ3n) is 6.59. The second-order valence-corrected chi connectivity index (χ2v) is 8.42. The van der Waals surface area contributed by atoms with Crippen LogP contribution in [0, 0.1) is 23.7 Å². The molecule has 0 saturated heterocycles. The number of carbonyl (C=O) groups is 6. The Bertz CT molecular complexity index is 1090. The van der Waals surface area contributed by atoms with Gasteiger partial charge in [-0.15, -0.1) is 0 Å². The first kappa shape index (κ1) is 20.9. The molecule has 5 N–H and O–H groups in total. The molecule has 0 spiro atoms. The summed E-state index contributed by atoms with van der Waals surface area (Å²) in [5.74, 6) is -11.2. The van der Waals surface area contributed by atoms with Crippen molar-refractivity contribution >= 4 is 40.6 Å². The minimum absolute atomic E-state index is 0.00831. The van der Waals surface area contributed by atoms with Crippen LogP contribution in [0.4, 0.5) is 5.69 Å². The van der Waals surface area contributed by atoms with Crippen molar-refractivity contribution in [1.82, 2.24) is 0 Å². The normalized spacial score (nSPS) is 32.1. The van der Waals surface area contributed by atoms with Crippen LogP contribution in [-0.2, 0) is 30.4 Å². The Morgan fingerprint density at radius 1 is 1.13 bits per heavy atom. The Labute approximate surface area is 175 Å². The molecule has 2 saturated carbocycles. The molecule has 1 aromatic rings. The van der Waals surface area contributed by atoms with E-state index in [2.05, 4.69) is 5.32 Å². The van der Waals surface area contributed by atoms with E-state index in [0.717, 1.165) is 0 Å². The Kier molecular flexibility index (Phi) is 4.58. The van der Waals surface area contributed by atoms with Crippen molar-refractivity contribution in [2.45, 2.75) is 31.8 Å². The first-order valence-electron chi connectivity index (χ1n) is 9.78. The van der Waals surface area contributed by atoms with Crippen LogP contribution >= 0.6 is 0 Å². The summed E-state index contributed by atoms with van der Waals surface area (Å²) in [5.41, 5.74) is 2.75. The van der Waals surface area contributed by atoms with Crippen LogP contribution < -0.4 is 11.1 Å². The van der Waals surface area contributed by atoms with E-state index < -0.39 is 70.0 Å². The molecule has 2 fully saturated rings. The van der Waals surface area contributed by atoms with Gasteiger partial charge in [0.05, 0.1) is 17.2 Å². The summed E-state index contributed by atoms with van der Waals surface area (Å²) in [6.07, 6.45) is -0.145.